The first-order valence-corrected chi connectivity index (χ1v) is 16.9. The highest BCUT2D eigenvalue weighted by atomic mass is 35.5. The topological polar surface area (TPSA) is 108 Å². The number of piperazine rings is 1. The molecule has 1 unspecified atom stereocenters. The fourth-order valence-electron chi connectivity index (χ4n) is 6.87. The highest BCUT2D eigenvalue weighted by Crippen LogP contribution is 2.34. The van der Waals surface area contributed by atoms with Gasteiger partial charge in [-0.15, -0.1) is 0 Å². The predicted molar refractivity (Wildman–Crippen MR) is 182 cm³/mol. The van der Waals surface area contributed by atoms with Gasteiger partial charge in [-0.2, -0.15) is 0 Å². The Morgan fingerprint density at radius 3 is 2.07 bits per heavy atom. The minimum atomic E-state index is -0.718. The predicted octanol–water partition coefficient (Wildman–Crippen LogP) is 4.66. The number of hydrogen-bond donors (Lipinski definition) is 3. The molecule has 9 heteroatoms. The van der Waals surface area contributed by atoms with Crippen LogP contribution in [-0.4, -0.2) is 71.8 Å². The maximum Gasteiger partial charge on any atom is 0.245 e. The zero-order chi connectivity index (χ0) is 32.4. The molecule has 3 aromatic rings. The molecule has 1 saturated heterocycles. The van der Waals surface area contributed by atoms with Gasteiger partial charge in [0.05, 0.1) is 6.42 Å². The molecule has 5 rings (SSSR count). The van der Waals surface area contributed by atoms with Crippen LogP contribution in [0.5, 0.6) is 0 Å². The normalized spacial score (nSPS) is 17.9. The molecule has 2 fully saturated rings. The molecule has 2 atom stereocenters. The van der Waals surface area contributed by atoms with Gasteiger partial charge >= 0.3 is 0 Å². The van der Waals surface area contributed by atoms with Crippen molar-refractivity contribution in [2.75, 3.05) is 32.7 Å². The van der Waals surface area contributed by atoms with Crippen molar-refractivity contribution in [1.29, 1.82) is 0 Å². The van der Waals surface area contributed by atoms with Gasteiger partial charge in [0.25, 0.3) is 0 Å². The molecular weight excluding hydrogens is 598 g/mol. The standard InChI is InChI=1S/C37H46ClN5O3/c38-31-16-14-29(15-17-31)24-33(41-35(45)26-32(39)30-12-6-2-7-13-30)36(46)42-20-22-43(23-21-42)37(18-8-3-9-19-37)27-40-34(44)25-28-10-4-1-5-11-28/h1-2,4-7,10-17,32-33H,3,8-9,18-27,39H2,(H,40,44)(H,41,45)/t32?,33-/m1/s1. The number of carbonyl (C=O) groups excluding carboxylic acids is 3. The van der Waals surface area contributed by atoms with Gasteiger partial charge in [0.2, 0.25) is 17.7 Å². The van der Waals surface area contributed by atoms with Crippen LogP contribution in [0.15, 0.2) is 84.9 Å². The molecule has 0 spiro atoms. The molecule has 0 radical (unpaired) electrons. The Bertz CT molecular complexity index is 1420. The van der Waals surface area contributed by atoms with Gasteiger partial charge in [0.1, 0.15) is 6.04 Å². The summed E-state index contributed by atoms with van der Waals surface area (Å²) < 4.78 is 0. The van der Waals surface area contributed by atoms with E-state index in [1.807, 2.05) is 77.7 Å². The second-order valence-electron chi connectivity index (χ2n) is 12.7. The molecule has 3 aromatic carbocycles. The number of amides is 3. The number of nitrogens with two attached hydrogens (primary N) is 1. The summed E-state index contributed by atoms with van der Waals surface area (Å²) in [5.74, 6) is -0.308. The Morgan fingerprint density at radius 1 is 0.783 bits per heavy atom. The third kappa shape index (κ3) is 9.18. The molecule has 46 heavy (non-hydrogen) atoms. The summed E-state index contributed by atoms with van der Waals surface area (Å²) in [4.78, 5) is 44.4. The molecule has 2 aliphatic rings. The molecule has 0 bridgehead atoms. The zero-order valence-electron chi connectivity index (χ0n) is 26.5. The lowest BCUT2D eigenvalue weighted by atomic mass is 9.79. The average molecular weight is 644 g/mol. The number of nitrogens with zero attached hydrogens (tertiary/aromatic N) is 2. The van der Waals surface area contributed by atoms with Gasteiger partial charge < -0.3 is 21.3 Å². The molecule has 1 aliphatic carbocycles. The van der Waals surface area contributed by atoms with Crippen molar-refractivity contribution < 1.29 is 14.4 Å². The minimum Gasteiger partial charge on any atom is -0.354 e. The van der Waals surface area contributed by atoms with E-state index in [9.17, 15) is 14.4 Å². The third-order valence-electron chi connectivity index (χ3n) is 9.49. The lowest BCUT2D eigenvalue weighted by molar-refractivity contribution is -0.139. The van der Waals surface area contributed by atoms with Gasteiger partial charge in [-0.05, 0) is 41.7 Å². The van der Waals surface area contributed by atoms with Crippen LogP contribution in [0.1, 0.15) is 61.3 Å². The van der Waals surface area contributed by atoms with Crippen LogP contribution in [0.4, 0.5) is 0 Å². The number of benzene rings is 3. The number of halogens is 1. The zero-order valence-corrected chi connectivity index (χ0v) is 27.3. The molecule has 3 amide bonds. The van der Waals surface area contributed by atoms with Crippen molar-refractivity contribution in [3.8, 4) is 0 Å². The third-order valence-corrected chi connectivity index (χ3v) is 9.74. The van der Waals surface area contributed by atoms with Crippen molar-refractivity contribution in [1.82, 2.24) is 20.4 Å². The summed E-state index contributed by atoms with van der Waals surface area (Å²) in [7, 11) is 0. The Balaban J connectivity index is 1.21. The van der Waals surface area contributed by atoms with Crippen molar-refractivity contribution in [2.45, 2.75) is 69.0 Å². The van der Waals surface area contributed by atoms with E-state index in [4.69, 9.17) is 17.3 Å². The average Bonchev–Trinajstić information content (AvgIpc) is 3.09. The summed E-state index contributed by atoms with van der Waals surface area (Å²) in [6, 6.07) is 25.5. The second-order valence-corrected chi connectivity index (χ2v) is 13.1. The first-order chi connectivity index (χ1) is 22.3. The van der Waals surface area contributed by atoms with Crippen LogP contribution in [0, 0.1) is 0 Å². The SMILES string of the molecule is NC(CC(=O)N[C@H](Cc1ccc(Cl)cc1)C(=O)N1CCN(C2(CNC(=O)Cc3ccccc3)CCCCC2)CC1)c1ccccc1. The van der Waals surface area contributed by atoms with Crippen LogP contribution < -0.4 is 16.4 Å². The van der Waals surface area contributed by atoms with Gasteiger partial charge in [-0.25, -0.2) is 0 Å². The molecule has 244 valence electrons. The van der Waals surface area contributed by atoms with Crippen molar-refractivity contribution in [2.24, 2.45) is 5.73 Å². The van der Waals surface area contributed by atoms with Crippen LogP contribution in [0.3, 0.4) is 0 Å². The van der Waals surface area contributed by atoms with E-state index in [-0.39, 0.29) is 29.7 Å². The summed E-state index contributed by atoms with van der Waals surface area (Å²) in [5, 5.41) is 6.87. The fraction of sp³-hybridized carbons (Fsp3) is 0.432. The Kier molecular flexibility index (Phi) is 11.9. The lowest BCUT2D eigenvalue weighted by Gasteiger charge is -2.50. The summed E-state index contributed by atoms with van der Waals surface area (Å²) >= 11 is 6.11. The van der Waals surface area contributed by atoms with E-state index in [0.717, 1.165) is 55.5 Å². The first-order valence-electron chi connectivity index (χ1n) is 16.5. The highest BCUT2D eigenvalue weighted by Gasteiger charge is 2.40. The molecule has 4 N–H and O–H groups in total. The lowest BCUT2D eigenvalue weighted by Crippen LogP contribution is -2.63. The molecular formula is C37H46ClN5O3. The van der Waals surface area contributed by atoms with Crippen molar-refractivity contribution >= 4 is 29.3 Å². The van der Waals surface area contributed by atoms with Crippen molar-refractivity contribution in [3.05, 3.63) is 107 Å². The maximum absolute atomic E-state index is 14.0. The number of hydrogen-bond acceptors (Lipinski definition) is 5. The van der Waals surface area contributed by atoms with Gasteiger partial charge in [0.15, 0.2) is 0 Å². The Labute approximate surface area is 277 Å². The van der Waals surface area contributed by atoms with Gasteiger partial charge in [-0.1, -0.05) is 104 Å². The van der Waals surface area contributed by atoms with Crippen molar-refractivity contribution in [3.63, 3.8) is 0 Å². The van der Waals surface area contributed by atoms with E-state index in [0.29, 0.717) is 37.5 Å². The molecule has 0 aromatic heterocycles. The largest absolute Gasteiger partial charge is 0.354 e. The summed E-state index contributed by atoms with van der Waals surface area (Å²) in [6.07, 6.45) is 6.35. The number of carbonyl (C=O) groups is 3. The van der Waals surface area contributed by atoms with Crippen LogP contribution >= 0.6 is 11.6 Å². The number of rotatable bonds is 12. The maximum atomic E-state index is 14.0. The van der Waals surface area contributed by atoms with E-state index < -0.39 is 12.1 Å². The van der Waals surface area contributed by atoms with E-state index in [1.54, 1.807) is 12.1 Å². The van der Waals surface area contributed by atoms with Gasteiger partial charge in [0, 0.05) is 62.2 Å². The highest BCUT2D eigenvalue weighted by molar-refractivity contribution is 6.30. The van der Waals surface area contributed by atoms with E-state index in [2.05, 4.69) is 15.5 Å². The molecule has 8 nitrogen and oxygen atoms in total. The monoisotopic (exact) mass is 643 g/mol. The Morgan fingerprint density at radius 2 is 1.41 bits per heavy atom. The quantitative estimate of drug-likeness (QED) is 0.266. The summed E-state index contributed by atoms with van der Waals surface area (Å²) in [6.45, 7) is 3.19. The van der Waals surface area contributed by atoms with E-state index in [1.165, 1.54) is 6.42 Å². The van der Waals surface area contributed by atoms with Crippen LogP contribution in [0.25, 0.3) is 0 Å². The molecule has 1 heterocycles. The smallest absolute Gasteiger partial charge is 0.245 e. The van der Waals surface area contributed by atoms with Crippen LogP contribution in [-0.2, 0) is 27.2 Å². The molecule has 1 aliphatic heterocycles. The van der Waals surface area contributed by atoms with E-state index >= 15 is 0 Å². The fourth-order valence-corrected chi connectivity index (χ4v) is 7.00. The summed E-state index contributed by atoms with van der Waals surface area (Å²) in [5.41, 5.74) is 9.03. The molecule has 1 saturated carbocycles. The Hall–Kier alpha value is -3.72. The minimum absolute atomic E-state index is 0.0396. The number of nitrogens with one attached hydrogen (secondary N) is 2. The second kappa shape index (κ2) is 16.2. The first kappa shape index (κ1) is 33.6. The van der Waals surface area contributed by atoms with Crippen LogP contribution in [0.2, 0.25) is 5.02 Å². The van der Waals surface area contributed by atoms with Gasteiger partial charge in [-0.3, -0.25) is 19.3 Å².